The molecule has 1 aliphatic heterocycles. The maximum Gasteiger partial charge on any atom is 0.223 e. The number of rotatable bonds is 6. The van der Waals surface area contributed by atoms with Crippen LogP contribution < -0.4 is 4.74 Å². The first-order valence-electron chi connectivity index (χ1n) is 6.84. The van der Waals surface area contributed by atoms with Crippen LogP contribution in [0.1, 0.15) is 18.9 Å². The van der Waals surface area contributed by atoms with Gasteiger partial charge in [-0.2, -0.15) is 0 Å². The third-order valence-corrected chi connectivity index (χ3v) is 3.53. The number of hydrogen-bond acceptors (Lipinski definition) is 3. The lowest BCUT2D eigenvalue weighted by atomic mass is 10.1. The zero-order chi connectivity index (χ0) is 13.7. The number of likely N-dealkylation sites (tertiary alicyclic amines) is 1. The summed E-state index contributed by atoms with van der Waals surface area (Å²) in [7, 11) is 0. The van der Waals surface area contributed by atoms with Crippen molar-refractivity contribution >= 4 is 5.91 Å². The summed E-state index contributed by atoms with van der Waals surface area (Å²) in [6, 6.07) is 7.97. The Balaban J connectivity index is 1.82. The molecule has 1 aliphatic rings. The first-order valence-corrected chi connectivity index (χ1v) is 6.84. The van der Waals surface area contributed by atoms with E-state index in [9.17, 15) is 4.79 Å². The zero-order valence-corrected chi connectivity index (χ0v) is 11.3. The lowest BCUT2D eigenvalue weighted by Crippen LogP contribution is -2.30. The summed E-state index contributed by atoms with van der Waals surface area (Å²) in [5.41, 5.74) is 1.18. The molecule has 0 aliphatic carbocycles. The van der Waals surface area contributed by atoms with E-state index < -0.39 is 0 Å². The Morgan fingerprint density at radius 2 is 2.21 bits per heavy atom. The van der Waals surface area contributed by atoms with Gasteiger partial charge in [-0.3, -0.25) is 4.79 Å². The fourth-order valence-corrected chi connectivity index (χ4v) is 2.39. The maximum atomic E-state index is 11.7. The van der Waals surface area contributed by atoms with Crippen molar-refractivity contribution in [2.75, 3.05) is 26.3 Å². The van der Waals surface area contributed by atoms with Gasteiger partial charge in [-0.1, -0.05) is 25.1 Å². The Bertz CT molecular complexity index is 433. The summed E-state index contributed by atoms with van der Waals surface area (Å²) in [6.07, 6.45) is 1.40. The smallest absolute Gasteiger partial charge is 0.223 e. The topological polar surface area (TPSA) is 49.8 Å². The van der Waals surface area contributed by atoms with Crippen LogP contribution in [0.15, 0.2) is 24.3 Å². The van der Waals surface area contributed by atoms with Crippen molar-refractivity contribution in [2.24, 2.45) is 5.92 Å². The highest BCUT2D eigenvalue weighted by atomic mass is 16.5. The Morgan fingerprint density at radius 1 is 1.42 bits per heavy atom. The molecule has 1 amide bonds. The van der Waals surface area contributed by atoms with Gasteiger partial charge in [0.1, 0.15) is 12.4 Å². The predicted molar refractivity (Wildman–Crippen MR) is 73.1 cm³/mol. The zero-order valence-electron chi connectivity index (χ0n) is 11.3. The second-order valence-electron chi connectivity index (χ2n) is 4.90. The number of aryl methyl sites for hydroxylation is 1. The Hall–Kier alpha value is -1.55. The van der Waals surface area contributed by atoms with E-state index in [0.717, 1.165) is 12.2 Å². The number of carbonyl (C=O) groups is 1. The lowest BCUT2D eigenvalue weighted by Gasteiger charge is -2.17. The van der Waals surface area contributed by atoms with Crippen LogP contribution in [-0.4, -0.2) is 42.2 Å². The second kappa shape index (κ2) is 6.57. The number of aliphatic hydroxyl groups excluding tert-OH is 1. The first kappa shape index (κ1) is 13.9. The van der Waals surface area contributed by atoms with Gasteiger partial charge in [0, 0.05) is 25.5 Å². The summed E-state index contributed by atoms with van der Waals surface area (Å²) in [5, 5.41) is 9.06. The third kappa shape index (κ3) is 3.47. The van der Waals surface area contributed by atoms with E-state index in [1.807, 2.05) is 18.2 Å². The number of nitrogens with zero attached hydrogens (tertiary/aromatic N) is 1. The molecule has 1 atom stereocenters. The second-order valence-corrected chi connectivity index (χ2v) is 4.90. The SMILES string of the molecule is CCc1ccccc1OCCN1CC(CO)CC1=O. The van der Waals surface area contributed by atoms with Crippen molar-refractivity contribution in [1.82, 2.24) is 4.90 Å². The van der Waals surface area contributed by atoms with Gasteiger partial charge in [-0.05, 0) is 18.1 Å². The highest BCUT2D eigenvalue weighted by molar-refractivity contribution is 5.78. The van der Waals surface area contributed by atoms with Crippen molar-refractivity contribution in [1.29, 1.82) is 0 Å². The van der Waals surface area contributed by atoms with E-state index in [0.29, 0.717) is 26.1 Å². The molecule has 1 fully saturated rings. The van der Waals surface area contributed by atoms with E-state index in [1.54, 1.807) is 4.90 Å². The monoisotopic (exact) mass is 263 g/mol. The minimum atomic E-state index is 0.0851. The molecular formula is C15H21NO3. The van der Waals surface area contributed by atoms with Crippen molar-refractivity contribution in [3.8, 4) is 5.75 Å². The van der Waals surface area contributed by atoms with Crippen LogP contribution in [-0.2, 0) is 11.2 Å². The molecule has 0 aromatic heterocycles. The molecule has 1 heterocycles. The van der Waals surface area contributed by atoms with Crippen LogP contribution in [0.3, 0.4) is 0 Å². The Labute approximate surface area is 114 Å². The highest BCUT2D eigenvalue weighted by Crippen LogP contribution is 2.19. The Kier molecular flexibility index (Phi) is 4.80. The van der Waals surface area contributed by atoms with Crippen molar-refractivity contribution in [2.45, 2.75) is 19.8 Å². The van der Waals surface area contributed by atoms with Crippen LogP contribution in [0.5, 0.6) is 5.75 Å². The highest BCUT2D eigenvalue weighted by Gasteiger charge is 2.28. The fourth-order valence-electron chi connectivity index (χ4n) is 2.39. The molecule has 1 N–H and O–H groups in total. The molecule has 19 heavy (non-hydrogen) atoms. The molecule has 2 rings (SSSR count). The number of para-hydroxylation sites is 1. The van der Waals surface area contributed by atoms with Crippen molar-refractivity contribution < 1.29 is 14.6 Å². The minimum absolute atomic E-state index is 0.0851. The number of carbonyl (C=O) groups excluding carboxylic acids is 1. The maximum absolute atomic E-state index is 11.7. The average molecular weight is 263 g/mol. The van der Waals surface area contributed by atoms with Gasteiger partial charge in [0.2, 0.25) is 5.91 Å². The van der Waals surface area contributed by atoms with E-state index >= 15 is 0 Å². The minimum Gasteiger partial charge on any atom is -0.491 e. The molecule has 104 valence electrons. The quantitative estimate of drug-likeness (QED) is 0.845. The lowest BCUT2D eigenvalue weighted by molar-refractivity contribution is -0.128. The van der Waals surface area contributed by atoms with Crippen molar-refractivity contribution in [3.05, 3.63) is 29.8 Å². The number of ether oxygens (including phenoxy) is 1. The van der Waals surface area contributed by atoms with E-state index in [4.69, 9.17) is 9.84 Å². The molecule has 1 aromatic rings. The normalized spacial score (nSPS) is 18.9. The molecule has 0 radical (unpaired) electrons. The van der Waals surface area contributed by atoms with Crippen LogP contribution in [0, 0.1) is 5.92 Å². The van der Waals surface area contributed by atoms with Gasteiger partial charge >= 0.3 is 0 Å². The number of aliphatic hydroxyl groups is 1. The molecule has 1 unspecified atom stereocenters. The Morgan fingerprint density at radius 3 is 2.89 bits per heavy atom. The fraction of sp³-hybridized carbons (Fsp3) is 0.533. The molecule has 1 aromatic carbocycles. The van der Waals surface area contributed by atoms with E-state index in [2.05, 4.69) is 13.0 Å². The van der Waals surface area contributed by atoms with Crippen LogP contribution in [0.2, 0.25) is 0 Å². The van der Waals surface area contributed by atoms with Crippen LogP contribution in [0.4, 0.5) is 0 Å². The molecule has 0 spiro atoms. The summed E-state index contributed by atoms with van der Waals surface area (Å²) >= 11 is 0. The molecule has 0 bridgehead atoms. The third-order valence-electron chi connectivity index (χ3n) is 3.53. The van der Waals surface area contributed by atoms with Crippen molar-refractivity contribution in [3.63, 3.8) is 0 Å². The average Bonchev–Trinajstić information content (AvgIpc) is 2.80. The first-order chi connectivity index (χ1) is 9.24. The molecular weight excluding hydrogens is 242 g/mol. The number of benzene rings is 1. The largest absolute Gasteiger partial charge is 0.491 e. The standard InChI is InChI=1S/C15H21NO3/c1-2-13-5-3-4-6-14(13)19-8-7-16-10-12(11-17)9-15(16)18/h3-6,12,17H,2,7-11H2,1H3. The number of hydrogen-bond donors (Lipinski definition) is 1. The summed E-state index contributed by atoms with van der Waals surface area (Å²) in [6.45, 7) is 3.92. The van der Waals surface area contributed by atoms with Gasteiger partial charge < -0.3 is 14.7 Å². The van der Waals surface area contributed by atoms with Gasteiger partial charge in [-0.25, -0.2) is 0 Å². The van der Waals surface area contributed by atoms with Gasteiger partial charge in [-0.15, -0.1) is 0 Å². The summed E-state index contributed by atoms with van der Waals surface area (Å²) < 4.78 is 5.75. The van der Waals surface area contributed by atoms with Crippen LogP contribution >= 0.6 is 0 Å². The number of amides is 1. The summed E-state index contributed by atoms with van der Waals surface area (Å²) in [4.78, 5) is 13.4. The predicted octanol–water partition coefficient (Wildman–Crippen LogP) is 1.47. The van der Waals surface area contributed by atoms with E-state index in [-0.39, 0.29) is 18.4 Å². The molecule has 0 saturated carbocycles. The summed E-state index contributed by atoms with van der Waals surface area (Å²) in [5.74, 6) is 1.11. The molecule has 1 saturated heterocycles. The van der Waals surface area contributed by atoms with Crippen LogP contribution in [0.25, 0.3) is 0 Å². The van der Waals surface area contributed by atoms with E-state index in [1.165, 1.54) is 5.56 Å². The van der Waals surface area contributed by atoms with Gasteiger partial charge in [0.25, 0.3) is 0 Å². The van der Waals surface area contributed by atoms with Gasteiger partial charge in [0.15, 0.2) is 0 Å². The molecule has 4 nitrogen and oxygen atoms in total. The molecule has 4 heteroatoms. The van der Waals surface area contributed by atoms with Gasteiger partial charge in [0.05, 0.1) is 6.54 Å².